The summed E-state index contributed by atoms with van der Waals surface area (Å²) in [6.45, 7) is 0.474. The van der Waals surface area contributed by atoms with Crippen molar-refractivity contribution in [2.75, 3.05) is 6.54 Å². The van der Waals surface area contributed by atoms with Gasteiger partial charge in [0.05, 0.1) is 8.66 Å². The van der Waals surface area contributed by atoms with Crippen LogP contribution in [-0.2, 0) is 0 Å². The van der Waals surface area contributed by atoms with Crippen LogP contribution >= 0.6 is 0 Å². The lowest BCUT2D eigenvalue weighted by molar-refractivity contribution is 0.0797. The minimum Gasteiger partial charge on any atom is -0.293 e. The average molecular weight is 300 g/mol. The van der Waals surface area contributed by atoms with E-state index in [1.807, 2.05) is 0 Å². The molecule has 2 rings (SSSR count). The van der Waals surface area contributed by atoms with Crippen molar-refractivity contribution in [3.05, 3.63) is 71.7 Å². The van der Waals surface area contributed by atoms with E-state index in [4.69, 9.17) is 8.58 Å². The van der Waals surface area contributed by atoms with Gasteiger partial charge >= 0.3 is 0 Å². The van der Waals surface area contributed by atoms with Gasteiger partial charge in [0.15, 0.2) is 11.6 Å². The van der Waals surface area contributed by atoms with Crippen molar-refractivity contribution >= 4 is 11.6 Å². The van der Waals surface area contributed by atoms with Gasteiger partial charge in [0.1, 0.15) is 0 Å². The minimum atomic E-state index is -0.920. The lowest BCUT2D eigenvalue weighted by Crippen LogP contribution is -2.28. The molecule has 0 atom stereocenters. The van der Waals surface area contributed by atoms with Crippen molar-refractivity contribution in [1.29, 1.82) is 0 Å². The zero-order valence-corrected chi connectivity index (χ0v) is 12.2. The number of hydrogen-bond donors (Lipinski definition) is 2. The second-order valence-electron chi connectivity index (χ2n) is 4.93. The third kappa shape index (κ3) is 4.10. The second-order valence-corrected chi connectivity index (χ2v) is 4.93. The van der Waals surface area contributed by atoms with Crippen LogP contribution in [0.4, 0.5) is 0 Å². The molecule has 2 aromatic rings. The highest BCUT2D eigenvalue weighted by Crippen LogP contribution is 2.19. The minimum absolute atomic E-state index is 0.0939. The predicted molar refractivity (Wildman–Crippen MR) is 86.5 cm³/mol. The number of Topliss-reactive ketones (excluding diaryl/α,β-unsaturated/α-hetero) is 2. The zero-order chi connectivity index (χ0) is 17.5. The first-order valence-corrected chi connectivity index (χ1v) is 7.19. The Morgan fingerprint density at radius 2 is 1.55 bits per heavy atom. The van der Waals surface area contributed by atoms with Crippen molar-refractivity contribution in [3.8, 4) is 0 Å². The van der Waals surface area contributed by atoms with Crippen LogP contribution in [0.25, 0.3) is 0 Å². The predicted octanol–water partition coefficient (Wildman–Crippen LogP) is 2.61. The summed E-state index contributed by atoms with van der Waals surface area (Å²) in [5, 5.41) is 0. The molecule has 0 spiro atoms. The molecule has 0 heterocycles. The molecule has 0 aromatic heterocycles. The first-order valence-electron chi connectivity index (χ1n) is 8.19. The highest BCUT2D eigenvalue weighted by Gasteiger charge is 2.27. The third-order valence-corrected chi connectivity index (χ3v) is 3.40. The standard InChI is InChI=1S/C18H20N2O2/c19-20-13-7-12-16(17(21)14-8-3-1-4-9-14)18(22)15-10-5-2-6-11-15/h1-6,8-11,16,20H,7,12-13,19H2/i8T,10T. The fourth-order valence-corrected chi connectivity index (χ4v) is 2.26. The number of hydrazine groups is 1. The number of nitrogens with two attached hydrogens (primary N) is 1. The Morgan fingerprint density at radius 3 is 2.00 bits per heavy atom. The Labute approximate surface area is 133 Å². The van der Waals surface area contributed by atoms with Crippen LogP contribution in [0.1, 0.15) is 36.3 Å². The van der Waals surface area contributed by atoms with E-state index in [0.29, 0.717) is 19.4 Å². The van der Waals surface area contributed by atoms with E-state index in [9.17, 15) is 9.59 Å². The maximum absolute atomic E-state index is 12.8. The zero-order valence-electron chi connectivity index (χ0n) is 14.2. The molecule has 0 aliphatic rings. The van der Waals surface area contributed by atoms with Crippen LogP contribution in [0.15, 0.2) is 60.6 Å². The summed E-state index contributed by atoms with van der Waals surface area (Å²) in [5.74, 6) is 3.57. The lowest BCUT2D eigenvalue weighted by atomic mass is 9.86. The van der Waals surface area contributed by atoms with Crippen LogP contribution in [-0.4, -0.2) is 18.1 Å². The van der Waals surface area contributed by atoms with Gasteiger partial charge in [-0.3, -0.25) is 20.9 Å². The Bertz CT molecular complexity index is 677. The molecule has 0 aliphatic heterocycles. The molecule has 0 fully saturated rings. The maximum atomic E-state index is 12.8. The quantitative estimate of drug-likeness (QED) is 0.258. The molecule has 114 valence electrons. The van der Waals surface area contributed by atoms with E-state index < -0.39 is 5.92 Å². The Hall–Kier alpha value is -2.30. The van der Waals surface area contributed by atoms with Gasteiger partial charge in [-0.25, -0.2) is 0 Å². The fraction of sp³-hybridized carbons (Fsp3) is 0.222. The molecule has 2 aromatic carbocycles. The van der Waals surface area contributed by atoms with Gasteiger partial charge in [0.2, 0.25) is 0 Å². The molecular weight excluding hydrogens is 276 g/mol. The maximum Gasteiger partial charge on any atom is 0.173 e. The number of hydrogen-bond acceptors (Lipinski definition) is 4. The summed E-state index contributed by atoms with van der Waals surface area (Å²) in [5.41, 5.74) is 2.95. The molecule has 3 N–H and O–H groups in total. The molecular formula is C18H20N2O2. The molecule has 0 bridgehead atoms. The highest BCUT2D eigenvalue weighted by molar-refractivity contribution is 6.16. The number of rotatable bonds is 8. The summed E-state index contributed by atoms with van der Waals surface area (Å²) in [7, 11) is 0. The summed E-state index contributed by atoms with van der Waals surface area (Å²) in [4.78, 5) is 25.7. The van der Waals surface area contributed by atoms with Gasteiger partial charge in [0.25, 0.3) is 0 Å². The fourth-order valence-electron chi connectivity index (χ4n) is 2.26. The Balaban J connectivity index is 2.34. The van der Waals surface area contributed by atoms with Crippen molar-refractivity contribution in [1.82, 2.24) is 5.43 Å². The van der Waals surface area contributed by atoms with Gasteiger partial charge in [0, 0.05) is 17.7 Å². The number of nitrogens with one attached hydrogen (secondary N) is 1. The van der Waals surface area contributed by atoms with Crippen LogP contribution in [0.5, 0.6) is 0 Å². The molecule has 0 saturated heterocycles. The molecule has 22 heavy (non-hydrogen) atoms. The SMILES string of the molecule is [3H]c1ccccc1C(=O)C(CCCNN)C(=O)c1ccccc1[3H]. The average Bonchev–Trinajstić information content (AvgIpc) is 2.58. The van der Waals surface area contributed by atoms with Crippen LogP contribution in [0, 0.1) is 5.92 Å². The first kappa shape index (κ1) is 13.4. The van der Waals surface area contributed by atoms with Crippen molar-refractivity contribution in [2.24, 2.45) is 11.8 Å². The highest BCUT2D eigenvalue weighted by atomic mass is 16.2. The molecule has 0 amide bonds. The Kier molecular flexibility index (Phi) is 4.99. The van der Waals surface area contributed by atoms with Crippen LogP contribution in [0.2, 0.25) is 0 Å². The van der Waals surface area contributed by atoms with E-state index in [1.165, 1.54) is 12.1 Å². The van der Waals surface area contributed by atoms with Gasteiger partial charge in [-0.2, -0.15) is 0 Å². The van der Waals surface area contributed by atoms with Crippen LogP contribution < -0.4 is 11.3 Å². The monoisotopic (exact) mass is 300 g/mol. The normalized spacial score (nSPS) is 11.9. The lowest BCUT2D eigenvalue weighted by Gasteiger charge is -2.15. The third-order valence-electron chi connectivity index (χ3n) is 3.40. The Morgan fingerprint density at radius 1 is 1.00 bits per heavy atom. The van der Waals surface area contributed by atoms with Crippen molar-refractivity contribution in [2.45, 2.75) is 12.8 Å². The molecule has 4 nitrogen and oxygen atoms in total. The first-order chi connectivity index (χ1) is 11.6. The van der Waals surface area contributed by atoms with E-state index in [1.54, 1.807) is 36.4 Å². The van der Waals surface area contributed by atoms with Crippen LogP contribution in [0.3, 0.4) is 0 Å². The second kappa shape index (κ2) is 8.22. The number of ketones is 2. The smallest absolute Gasteiger partial charge is 0.173 e. The summed E-state index contributed by atoms with van der Waals surface area (Å²) < 4.78 is 15.8. The van der Waals surface area contributed by atoms with Gasteiger partial charge in [-0.05, 0) is 12.8 Å². The number of carbonyl (C=O) groups excluding carboxylic acids is 2. The van der Waals surface area contributed by atoms with Crippen molar-refractivity contribution < 1.29 is 12.3 Å². The topological polar surface area (TPSA) is 72.2 Å². The molecule has 0 saturated carbocycles. The van der Waals surface area contributed by atoms with Crippen molar-refractivity contribution in [3.63, 3.8) is 0 Å². The number of carbonyl (C=O) groups is 2. The molecule has 4 heteroatoms. The van der Waals surface area contributed by atoms with E-state index in [2.05, 4.69) is 5.43 Å². The molecule has 0 aliphatic carbocycles. The summed E-state index contributed by atoms with van der Waals surface area (Å²) >= 11 is 0. The largest absolute Gasteiger partial charge is 0.293 e. The van der Waals surface area contributed by atoms with Gasteiger partial charge < -0.3 is 0 Å². The summed E-state index contributed by atoms with van der Waals surface area (Å²) in [6, 6.07) is 13.0. The van der Waals surface area contributed by atoms with E-state index in [-0.39, 0.29) is 34.8 Å². The molecule has 0 radical (unpaired) electrons. The van der Waals surface area contributed by atoms with E-state index in [0.717, 1.165) is 0 Å². The van der Waals surface area contributed by atoms with Gasteiger partial charge in [-0.1, -0.05) is 60.6 Å². The van der Waals surface area contributed by atoms with Gasteiger partial charge in [-0.15, -0.1) is 0 Å². The summed E-state index contributed by atoms with van der Waals surface area (Å²) in [6.07, 6.45) is 0.851. The number of benzene rings is 2. The molecule has 0 unspecified atom stereocenters. The van der Waals surface area contributed by atoms with E-state index >= 15 is 0 Å².